The molecule has 1 N–H and O–H groups in total. The van der Waals surface area contributed by atoms with Crippen molar-refractivity contribution in [3.05, 3.63) is 53.2 Å². The molecule has 0 aliphatic carbocycles. The number of hydrogen-bond acceptors (Lipinski definition) is 7. The van der Waals surface area contributed by atoms with Crippen LogP contribution in [-0.4, -0.2) is 52.2 Å². The van der Waals surface area contributed by atoms with E-state index < -0.39 is 5.95 Å². The minimum atomic E-state index is -0.591. The average Bonchev–Trinajstić information content (AvgIpc) is 3.25. The maximum absolute atomic E-state index is 14.9. The molecule has 3 aromatic heterocycles. The van der Waals surface area contributed by atoms with E-state index in [1.165, 1.54) is 11.3 Å². The molecule has 0 spiro atoms. The number of thiazole rings is 1. The highest BCUT2D eigenvalue weighted by Gasteiger charge is 2.30. The molecule has 5 rings (SSSR count). The Morgan fingerprint density at radius 2 is 2.13 bits per heavy atom. The molecular weight excluding hydrogens is 417 g/mol. The van der Waals surface area contributed by atoms with E-state index in [1.807, 2.05) is 11.0 Å². The molecule has 9 heteroatoms. The normalized spacial score (nSPS) is 18.9. The molecule has 0 bridgehead atoms. The molecule has 1 atom stereocenters. The van der Waals surface area contributed by atoms with Crippen LogP contribution in [0.1, 0.15) is 28.2 Å². The van der Waals surface area contributed by atoms with Crippen LogP contribution in [0, 0.1) is 11.9 Å². The minimum Gasteiger partial charge on any atom is -0.396 e. The Kier molecular flexibility index (Phi) is 5.37. The van der Waals surface area contributed by atoms with Gasteiger partial charge in [-0.05, 0) is 43.0 Å². The Balaban J connectivity index is 1.40. The lowest BCUT2D eigenvalue weighted by Crippen LogP contribution is -2.37. The van der Waals surface area contributed by atoms with Crippen molar-refractivity contribution in [1.82, 2.24) is 15.0 Å². The first-order valence-corrected chi connectivity index (χ1v) is 11.2. The summed E-state index contributed by atoms with van der Waals surface area (Å²) in [5.74, 6) is 0.0370. The highest BCUT2D eigenvalue weighted by molar-refractivity contribution is 7.17. The first-order chi connectivity index (χ1) is 15.1. The van der Waals surface area contributed by atoms with Gasteiger partial charge in [-0.3, -0.25) is 9.78 Å². The van der Waals surface area contributed by atoms with Crippen LogP contribution in [0.15, 0.2) is 36.7 Å². The summed E-state index contributed by atoms with van der Waals surface area (Å²) in [5, 5.41) is 9.90. The number of aliphatic hydroxyl groups excluding tert-OH is 1. The Bertz CT molecular complexity index is 1110. The van der Waals surface area contributed by atoms with E-state index >= 15 is 0 Å². The summed E-state index contributed by atoms with van der Waals surface area (Å²) in [6.07, 6.45) is 5.86. The number of carbonyl (C=O) groups excluding carboxylic acids is 1. The Hall–Kier alpha value is -2.91. The monoisotopic (exact) mass is 439 g/mol. The molecule has 1 amide bonds. The van der Waals surface area contributed by atoms with Gasteiger partial charge in [0.25, 0.3) is 5.91 Å². The number of halogens is 1. The van der Waals surface area contributed by atoms with Gasteiger partial charge >= 0.3 is 0 Å². The van der Waals surface area contributed by atoms with Gasteiger partial charge in [0.2, 0.25) is 5.95 Å². The highest BCUT2D eigenvalue weighted by Crippen LogP contribution is 2.35. The first-order valence-electron chi connectivity index (χ1n) is 10.4. The molecule has 5 heterocycles. The number of pyridine rings is 2. The van der Waals surface area contributed by atoms with E-state index in [9.17, 15) is 14.3 Å². The molecule has 1 saturated heterocycles. The fraction of sp³-hybridized carbons (Fsp3) is 0.364. The van der Waals surface area contributed by atoms with Crippen LogP contribution < -0.4 is 9.80 Å². The number of piperidine rings is 1. The van der Waals surface area contributed by atoms with Crippen LogP contribution in [0.25, 0.3) is 10.6 Å². The second-order valence-corrected chi connectivity index (χ2v) is 8.86. The predicted octanol–water partition coefficient (Wildman–Crippen LogP) is 3.15. The quantitative estimate of drug-likeness (QED) is 0.629. The van der Waals surface area contributed by atoms with E-state index in [0.29, 0.717) is 46.5 Å². The number of hydrogen-bond donors (Lipinski definition) is 1. The predicted molar refractivity (Wildman–Crippen MR) is 117 cm³/mol. The molecule has 0 saturated carbocycles. The molecule has 160 valence electrons. The number of amides is 1. The topological polar surface area (TPSA) is 82.5 Å². The number of rotatable bonds is 4. The zero-order chi connectivity index (χ0) is 21.4. The summed E-state index contributed by atoms with van der Waals surface area (Å²) in [7, 11) is 0. The molecule has 2 aliphatic rings. The Labute approximate surface area is 183 Å². The van der Waals surface area contributed by atoms with Crippen molar-refractivity contribution in [3.8, 4) is 10.6 Å². The van der Waals surface area contributed by atoms with Crippen LogP contribution >= 0.6 is 11.3 Å². The van der Waals surface area contributed by atoms with Crippen LogP contribution in [0.5, 0.6) is 0 Å². The second-order valence-electron chi connectivity index (χ2n) is 7.86. The second kappa shape index (κ2) is 8.32. The van der Waals surface area contributed by atoms with Crippen molar-refractivity contribution < 1.29 is 14.3 Å². The van der Waals surface area contributed by atoms with Gasteiger partial charge in [0.1, 0.15) is 15.7 Å². The molecule has 0 radical (unpaired) electrons. The van der Waals surface area contributed by atoms with E-state index in [2.05, 4.69) is 15.0 Å². The van der Waals surface area contributed by atoms with Crippen LogP contribution in [-0.2, 0) is 6.42 Å². The van der Waals surface area contributed by atoms with Gasteiger partial charge in [-0.15, -0.1) is 11.3 Å². The van der Waals surface area contributed by atoms with Gasteiger partial charge in [-0.1, -0.05) is 0 Å². The van der Waals surface area contributed by atoms with Crippen molar-refractivity contribution in [2.75, 3.05) is 36.0 Å². The summed E-state index contributed by atoms with van der Waals surface area (Å²) in [4.78, 5) is 30.0. The van der Waals surface area contributed by atoms with Gasteiger partial charge in [0, 0.05) is 38.9 Å². The average molecular weight is 440 g/mol. The summed E-state index contributed by atoms with van der Waals surface area (Å²) >= 11 is 1.21. The maximum atomic E-state index is 14.9. The molecule has 2 aliphatic heterocycles. The number of aliphatic hydroxyl groups is 1. The third-order valence-corrected chi connectivity index (χ3v) is 6.95. The maximum Gasteiger partial charge on any atom is 0.270 e. The molecule has 7 nitrogen and oxygen atoms in total. The highest BCUT2D eigenvalue weighted by atomic mass is 32.1. The van der Waals surface area contributed by atoms with Crippen molar-refractivity contribution in [1.29, 1.82) is 0 Å². The van der Waals surface area contributed by atoms with E-state index in [0.717, 1.165) is 25.1 Å². The van der Waals surface area contributed by atoms with Crippen molar-refractivity contribution >= 4 is 28.7 Å². The molecule has 31 heavy (non-hydrogen) atoms. The van der Waals surface area contributed by atoms with Crippen molar-refractivity contribution in [2.45, 2.75) is 19.3 Å². The lowest BCUT2D eigenvalue weighted by molar-refractivity contribution is 0.0984. The number of nitrogens with zero attached hydrogens (tertiary/aromatic N) is 5. The van der Waals surface area contributed by atoms with Crippen molar-refractivity contribution in [2.24, 2.45) is 5.92 Å². The summed E-state index contributed by atoms with van der Waals surface area (Å²) in [6, 6.07) is 7.13. The van der Waals surface area contributed by atoms with Crippen molar-refractivity contribution in [3.63, 3.8) is 0 Å². The third-order valence-electron chi connectivity index (χ3n) is 5.83. The lowest BCUT2D eigenvalue weighted by atomic mass is 9.99. The number of fused-ring (bicyclic) bond motifs is 1. The molecular formula is C22H22FN5O2S. The van der Waals surface area contributed by atoms with E-state index in [4.69, 9.17) is 0 Å². The van der Waals surface area contributed by atoms with E-state index in [1.54, 1.807) is 35.5 Å². The summed E-state index contributed by atoms with van der Waals surface area (Å²) in [5.41, 5.74) is 1.75. The first kappa shape index (κ1) is 20.0. The van der Waals surface area contributed by atoms with Crippen LogP contribution in [0.4, 0.5) is 15.9 Å². The molecule has 0 aromatic carbocycles. The zero-order valence-corrected chi connectivity index (χ0v) is 17.7. The number of aromatic nitrogens is 3. The minimum absolute atomic E-state index is 0.131. The number of carbonyl (C=O) groups is 1. The zero-order valence-electron chi connectivity index (χ0n) is 16.9. The summed E-state index contributed by atoms with van der Waals surface area (Å²) < 4.78 is 14.9. The number of anilines is 2. The van der Waals surface area contributed by atoms with Crippen LogP contribution in [0.2, 0.25) is 0 Å². The standard InChI is InChI=1S/C22H22FN5O2S/c23-20-16(5-6-18(26-20)27-9-2-3-14(12-27)13-29)21-25-17-7-10-28(22(30)19(17)31-21)15-4-1-8-24-11-15/h1,4-6,8,11,14,29H,2-3,7,9-10,12-13H2. The smallest absolute Gasteiger partial charge is 0.270 e. The van der Waals surface area contributed by atoms with Crippen LogP contribution in [0.3, 0.4) is 0 Å². The van der Waals surface area contributed by atoms with E-state index in [-0.39, 0.29) is 18.4 Å². The SMILES string of the molecule is O=C1c2sc(-c3ccc(N4CCCC(CO)C4)nc3F)nc2CCN1c1cccnc1. The largest absolute Gasteiger partial charge is 0.396 e. The lowest BCUT2D eigenvalue weighted by Gasteiger charge is -2.32. The Morgan fingerprint density at radius 3 is 2.90 bits per heavy atom. The Morgan fingerprint density at radius 1 is 1.23 bits per heavy atom. The fourth-order valence-electron chi connectivity index (χ4n) is 4.19. The van der Waals surface area contributed by atoms with Gasteiger partial charge in [-0.25, -0.2) is 9.97 Å². The third kappa shape index (κ3) is 3.79. The van der Waals surface area contributed by atoms with Gasteiger partial charge in [0.05, 0.1) is 23.1 Å². The molecule has 3 aromatic rings. The van der Waals surface area contributed by atoms with Gasteiger partial charge < -0.3 is 14.9 Å². The van der Waals surface area contributed by atoms with Gasteiger partial charge in [-0.2, -0.15) is 4.39 Å². The van der Waals surface area contributed by atoms with Gasteiger partial charge in [0.15, 0.2) is 0 Å². The molecule has 1 unspecified atom stereocenters. The summed E-state index contributed by atoms with van der Waals surface area (Å²) in [6.45, 7) is 2.12. The fourth-order valence-corrected chi connectivity index (χ4v) is 5.26. The molecule has 1 fully saturated rings.